The third-order valence-corrected chi connectivity index (χ3v) is 6.29. The van der Waals surface area contributed by atoms with Crippen LogP contribution in [0.4, 0.5) is 10.1 Å². The Morgan fingerprint density at radius 3 is 2.62 bits per heavy atom. The monoisotopic (exact) mass is 497 g/mol. The van der Waals surface area contributed by atoms with Crippen LogP contribution in [-0.2, 0) is 4.79 Å². The first-order chi connectivity index (χ1) is 16.3. The highest BCUT2D eigenvalue weighted by Crippen LogP contribution is 2.41. The molecular weight excluding hydrogens is 476 g/mol. The summed E-state index contributed by atoms with van der Waals surface area (Å²) in [5.74, 6) is -0.0261. The number of halogens is 3. The van der Waals surface area contributed by atoms with Gasteiger partial charge in [0.1, 0.15) is 17.1 Å². The molecule has 0 radical (unpaired) electrons. The molecule has 1 N–H and O–H groups in total. The number of amides is 1. The van der Waals surface area contributed by atoms with Gasteiger partial charge in [0.2, 0.25) is 5.91 Å². The van der Waals surface area contributed by atoms with E-state index >= 15 is 0 Å². The molecule has 1 amide bonds. The number of hydrogen-bond donors (Lipinski definition) is 1. The summed E-state index contributed by atoms with van der Waals surface area (Å²) in [5.41, 5.74) is 5.01. The topological polar surface area (TPSA) is 51.5 Å². The molecule has 0 spiro atoms. The van der Waals surface area contributed by atoms with Crippen molar-refractivity contribution >= 4 is 51.3 Å². The van der Waals surface area contributed by atoms with Crippen LogP contribution in [0.1, 0.15) is 25.0 Å². The standard InChI is InChI=1S/C27H22Cl2FNO3/c1-4-33-26-16(3)27-20(21(14-34-27)17-8-10-18(30)11-9-17)13-19(26)15(2)12-24(32)31-23-7-5-6-22(28)25(23)29/h5-14H,4H2,1-3H3,(H,31,32)/b15-12+. The predicted molar refractivity (Wildman–Crippen MR) is 136 cm³/mol. The van der Waals surface area contributed by atoms with Crippen molar-refractivity contribution in [1.29, 1.82) is 0 Å². The summed E-state index contributed by atoms with van der Waals surface area (Å²) in [6.07, 6.45) is 3.13. The van der Waals surface area contributed by atoms with Crippen LogP contribution < -0.4 is 10.1 Å². The molecule has 0 atom stereocenters. The Balaban J connectivity index is 1.78. The first kappa shape index (κ1) is 23.9. The average molecular weight is 498 g/mol. The molecule has 174 valence electrons. The quantitative estimate of drug-likeness (QED) is 0.272. The van der Waals surface area contributed by atoms with Gasteiger partial charge in [-0.05, 0) is 62.2 Å². The van der Waals surface area contributed by atoms with Crippen LogP contribution in [0.15, 0.2) is 65.3 Å². The molecule has 4 nitrogen and oxygen atoms in total. The highest BCUT2D eigenvalue weighted by Gasteiger charge is 2.19. The zero-order chi connectivity index (χ0) is 24.4. The largest absolute Gasteiger partial charge is 0.493 e. The molecule has 0 unspecified atom stereocenters. The molecular formula is C27H22Cl2FNO3. The zero-order valence-electron chi connectivity index (χ0n) is 18.8. The Bertz CT molecular complexity index is 1410. The molecule has 0 aliphatic rings. The summed E-state index contributed by atoms with van der Waals surface area (Å²) in [6.45, 7) is 6.09. The maximum absolute atomic E-state index is 13.4. The fraction of sp³-hybridized carbons (Fsp3) is 0.148. The molecule has 0 saturated heterocycles. The smallest absolute Gasteiger partial charge is 0.248 e. The number of furan rings is 1. The van der Waals surface area contributed by atoms with Crippen LogP contribution in [0, 0.1) is 12.7 Å². The third kappa shape index (κ3) is 4.67. The van der Waals surface area contributed by atoms with Gasteiger partial charge in [0, 0.05) is 28.2 Å². The van der Waals surface area contributed by atoms with E-state index in [9.17, 15) is 9.18 Å². The minimum atomic E-state index is -0.354. The van der Waals surface area contributed by atoms with Crippen molar-refractivity contribution in [2.75, 3.05) is 11.9 Å². The number of nitrogens with one attached hydrogen (secondary N) is 1. The van der Waals surface area contributed by atoms with Crippen molar-refractivity contribution < 1.29 is 18.3 Å². The molecule has 34 heavy (non-hydrogen) atoms. The number of anilines is 1. The normalized spacial score (nSPS) is 11.6. The van der Waals surface area contributed by atoms with E-state index in [1.165, 1.54) is 18.2 Å². The lowest BCUT2D eigenvalue weighted by molar-refractivity contribution is -0.111. The Morgan fingerprint density at radius 1 is 1.18 bits per heavy atom. The molecule has 7 heteroatoms. The van der Waals surface area contributed by atoms with Gasteiger partial charge in [0.15, 0.2) is 0 Å². The van der Waals surface area contributed by atoms with Crippen LogP contribution in [0.2, 0.25) is 10.0 Å². The summed E-state index contributed by atoms with van der Waals surface area (Å²) in [4.78, 5) is 12.8. The number of ether oxygens (including phenoxy) is 1. The van der Waals surface area contributed by atoms with E-state index in [4.69, 9.17) is 32.4 Å². The van der Waals surface area contributed by atoms with Crippen LogP contribution in [-0.4, -0.2) is 12.5 Å². The van der Waals surface area contributed by atoms with Gasteiger partial charge in [-0.15, -0.1) is 0 Å². The molecule has 1 heterocycles. The first-order valence-electron chi connectivity index (χ1n) is 10.7. The zero-order valence-corrected chi connectivity index (χ0v) is 20.4. The van der Waals surface area contributed by atoms with Crippen LogP contribution in [0.3, 0.4) is 0 Å². The lowest BCUT2D eigenvalue weighted by Gasteiger charge is -2.15. The highest BCUT2D eigenvalue weighted by molar-refractivity contribution is 6.44. The number of aryl methyl sites for hydroxylation is 1. The Morgan fingerprint density at radius 2 is 1.91 bits per heavy atom. The summed E-state index contributed by atoms with van der Waals surface area (Å²) in [7, 11) is 0. The number of rotatable bonds is 6. The summed E-state index contributed by atoms with van der Waals surface area (Å²) < 4.78 is 25.3. The molecule has 0 bridgehead atoms. The Labute approximate surface area is 206 Å². The summed E-state index contributed by atoms with van der Waals surface area (Å²) >= 11 is 12.2. The van der Waals surface area contributed by atoms with Crippen molar-refractivity contribution in [3.05, 3.63) is 87.9 Å². The molecule has 0 aliphatic heterocycles. The van der Waals surface area contributed by atoms with Gasteiger partial charge < -0.3 is 14.5 Å². The van der Waals surface area contributed by atoms with E-state index < -0.39 is 0 Å². The van der Waals surface area contributed by atoms with Gasteiger partial charge in [-0.25, -0.2) is 4.39 Å². The first-order valence-corrected chi connectivity index (χ1v) is 11.4. The summed E-state index contributed by atoms with van der Waals surface area (Å²) in [6, 6.07) is 13.2. The second kappa shape index (κ2) is 9.92. The van der Waals surface area contributed by atoms with Gasteiger partial charge in [0.05, 0.1) is 28.6 Å². The SMILES string of the molecule is CCOc1c(/C(C)=C/C(=O)Nc2cccc(Cl)c2Cl)cc2c(-c3ccc(F)cc3)coc2c1C. The molecule has 0 aliphatic carbocycles. The highest BCUT2D eigenvalue weighted by atomic mass is 35.5. The van der Waals surface area contributed by atoms with Crippen LogP contribution >= 0.6 is 23.2 Å². The molecule has 0 fully saturated rings. The molecule has 1 aromatic heterocycles. The average Bonchev–Trinajstić information content (AvgIpc) is 3.23. The number of fused-ring (bicyclic) bond motifs is 1. The third-order valence-electron chi connectivity index (χ3n) is 5.47. The van der Waals surface area contributed by atoms with Gasteiger partial charge in [-0.3, -0.25) is 4.79 Å². The molecule has 4 rings (SSSR count). The van der Waals surface area contributed by atoms with E-state index in [1.54, 1.807) is 36.6 Å². The van der Waals surface area contributed by atoms with Crippen molar-refractivity contribution in [3.8, 4) is 16.9 Å². The second-order valence-electron chi connectivity index (χ2n) is 7.76. The van der Waals surface area contributed by atoms with E-state index in [-0.39, 0.29) is 16.7 Å². The minimum absolute atomic E-state index is 0.276. The van der Waals surface area contributed by atoms with Crippen LogP contribution in [0.25, 0.3) is 27.7 Å². The minimum Gasteiger partial charge on any atom is -0.493 e. The van der Waals surface area contributed by atoms with Crippen molar-refractivity contribution in [2.45, 2.75) is 20.8 Å². The van der Waals surface area contributed by atoms with Crippen molar-refractivity contribution in [1.82, 2.24) is 0 Å². The number of benzene rings is 3. The fourth-order valence-corrected chi connectivity index (χ4v) is 4.18. The molecule has 3 aromatic carbocycles. The number of carbonyl (C=O) groups excluding carboxylic acids is 1. The van der Waals surface area contributed by atoms with E-state index in [0.29, 0.717) is 34.2 Å². The lowest BCUT2D eigenvalue weighted by Crippen LogP contribution is -2.09. The van der Waals surface area contributed by atoms with Gasteiger partial charge >= 0.3 is 0 Å². The number of hydrogen-bond acceptors (Lipinski definition) is 3. The van der Waals surface area contributed by atoms with Gasteiger partial charge in [-0.2, -0.15) is 0 Å². The second-order valence-corrected chi connectivity index (χ2v) is 8.55. The Kier molecular flexibility index (Phi) is 6.96. The summed E-state index contributed by atoms with van der Waals surface area (Å²) in [5, 5.41) is 4.24. The maximum atomic E-state index is 13.4. The molecule has 0 saturated carbocycles. The van der Waals surface area contributed by atoms with Crippen LogP contribution in [0.5, 0.6) is 5.75 Å². The fourth-order valence-electron chi connectivity index (χ4n) is 3.84. The van der Waals surface area contributed by atoms with Crippen molar-refractivity contribution in [3.63, 3.8) is 0 Å². The van der Waals surface area contributed by atoms with Gasteiger partial charge in [-0.1, -0.05) is 41.4 Å². The maximum Gasteiger partial charge on any atom is 0.248 e. The van der Waals surface area contributed by atoms with E-state index in [2.05, 4.69) is 5.32 Å². The van der Waals surface area contributed by atoms with Gasteiger partial charge in [0.25, 0.3) is 0 Å². The number of allylic oxidation sites excluding steroid dienone is 1. The Hall–Kier alpha value is -3.28. The predicted octanol–water partition coefficient (Wildman–Crippen LogP) is 8.29. The van der Waals surface area contributed by atoms with E-state index in [1.807, 2.05) is 26.8 Å². The lowest BCUT2D eigenvalue weighted by atomic mass is 9.96. The molecule has 4 aromatic rings. The van der Waals surface area contributed by atoms with E-state index in [0.717, 1.165) is 27.6 Å². The van der Waals surface area contributed by atoms with Crippen molar-refractivity contribution in [2.24, 2.45) is 0 Å². The number of carbonyl (C=O) groups is 1.